The summed E-state index contributed by atoms with van der Waals surface area (Å²) in [5.41, 5.74) is 4.15. The molecule has 3 aromatic carbocycles. The highest BCUT2D eigenvalue weighted by molar-refractivity contribution is 6.02. The van der Waals surface area contributed by atoms with Gasteiger partial charge in [-0.2, -0.15) is 0 Å². The molecule has 47 heavy (non-hydrogen) atoms. The summed E-state index contributed by atoms with van der Waals surface area (Å²) in [4.78, 5) is 34.1. The molecule has 0 atom stereocenters. The number of ether oxygens (including phenoxy) is 1. The fourth-order valence-corrected chi connectivity index (χ4v) is 5.96. The largest absolute Gasteiger partial charge is 0.444 e. The number of fused-ring (bicyclic) bond motifs is 1. The van der Waals surface area contributed by atoms with Crippen LogP contribution in [-0.4, -0.2) is 71.9 Å². The maximum Gasteiger partial charge on any atom is 0.407 e. The number of hydrogen-bond acceptors (Lipinski definition) is 6. The number of aliphatic hydroxyl groups is 1. The molecule has 0 bridgehead atoms. The van der Waals surface area contributed by atoms with Crippen molar-refractivity contribution >= 4 is 28.6 Å². The number of alkyl carbamates (subject to hydrolysis) is 1. The first kappa shape index (κ1) is 33.8. The van der Waals surface area contributed by atoms with Gasteiger partial charge in [-0.05, 0) is 99.5 Å². The summed E-state index contributed by atoms with van der Waals surface area (Å²) in [6.45, 7) is 7.27. The van der Waals surface area contributed by atoms with Crippen LogP contribution in [0.5, 0.6) is 0 Å². The summed E-state index contributed by atoms with van der Waals surface area (Å²) in [5, 5.41) is 12.9. The first-order valence-corrected chi connectivity index (χ1v) is 16.0. The minimum absolute atomic E-state index is 0.0816. The van der Waals surface area contributed by atoms with Gasteiger partial charge in [0.15, 0.2) is 0 Å². The van der Waals surface area contributed by atoms with Crippen molar-refractivity contribution in [2.45, 2.75) is 58.1 Å². The summed E-state index contributed by atoms with van der Waals surface area (Å²) in [6.07, 6.45) is 3.84. The average Bonchev–Trinajstić information content (AvgIpc) is 3.02. The molecule has 1 aromatic heterocycles. The predicted octanol–water partition coefficient (Wildman–Crippen LogP) is 7.19. The third kappa shape index (κ3) is 8.43. The predicted molar refractivity (Wildman–Crippen MR) is 180 cm³/mol. The van der Waals surface area contributed by atoms with Gasteiger partial charge in [0, 0.05) is 68.1 Å². The number of benzene rings is 3. The van der Waals surface area contributed by atoms with Crippen LogP contribution in [0.4, 0.5) is 19.3 Å². The van der Waals surface area contributed by atoms with Crippen molar-refractivity contribution in [2.75, 3.05) is 38.2 Å². The fraction of sp³-hybridized carbons (Fsp3) is 0.378. The normalized spacial score (nSPS) is 13.9. The second kappa shape index (κ2) is 14.5. The van der Waals surface area contributed by atoms with E-state index in [1.54, 1.807) is 24.2 Å². The second-order valence-electron chi connectivity index (χ2n) is 13.1. The molecule has 0 unspecified atom stereocenters. The number of anilines is 1. The van der Waals surface area contributed by atoms with Gasteiger partial charge in [0.25, 0.3) is 5.91 Å². The van der Waals surface area contributed by atoms with E-state index < -0.39 is 23.3 Å². The monoisotopic (exact) mass is 644 g/mol. The van der Waals surface area contributed by atoms with Gasteiger partial charge in [-0.1, -0.05) is 18.2 Å². The number of amides is 2. The van der Waals surface area contributed by atoms with Gasteiger partial charge >= 0.3 is 6.09 Å². The van der Waals surface area contributed by atoms with Gasteiger partial charge in [-0.25, -0.2) is 13.6 Å². The molecule has 2 heterocycles. The molecule has 1 saturated heterocycles. The number of halogens is 2. The van der Waals surface area contributed by atoms with Gasteiger partial charge < -0.3 is 25.0 Å². The number of unbranched alkanes of at least 4 members (excludes halogenated alkanes) is 1. The molecule has 248 valence electrons. The van der Waals surface area contributed by atoms with Crippen LogP contribution in [-0.2, 0) is 4.74 Å². The molecule has 0 saturated carbocycles. The average molecular weight is 645 g/mol. The number of carbonyl (C=O) groups excluding carboxylic acids is 2. The summed E-state index contributed by atoms with van der Waals surface area (Å²) in [5.74, 6) is -1.46. The van der Waals surface area contributed by atoms with E-state index in [9.17, 15) is 18.4 Å². The van der Waals surface area contributed by atoms with Crippen LogP contribution in [0.2, 0.25) is 0 Å². The Hall–Kier alpha value is -4.57. The summed E-state index contributed by atoms with van der Waals surface area (Å²) >= 11 is 0. The van der Waals surface area contributed by atoms with E-state index in [0.717, 1.165) is 28.3 Å². The van der Waals surface area contributed by atoms with Gasteiger partial charge in [0.2, 0.25) is 0 Å². The van der Waals surface area contributed by atoms with E-state index in [2.05, 4.69) is 15.2 Å². The summed E-state index contributed by atoms with van der Waals surface area (Å²) in [7, 11) is 1.75. The zero-order chi connectivity index (χ0) is 33.7. The molecule has 1 aliphatic rings. The smallest absolute Gasteiger partial charge is 0.407 e. The molecule has 8 nitrogen and oxygen atoms in total. The molecule has 4 aromatic rings. The number of nitrogens with one attached hydrogen (secondary N) is 1. The van der Waals surface area contributed by atoms with Gasteiger partial charge in [-0.3, -0.25) is 9.78 Å². The Bertz CT molecular complexity index is 1730. The number of carbonyl (C=O) groups is 2. The molecule has 0 spiro atoms. The highest BCUT2D eigenvalue weighted by atomic mass is 19.1. The molecule has 0 aliphatic carbocycles. The van der Waals surface area contributed by atoms with Crippen molar-refractivity contribution < 1.29 is 28.2 Å². The standard InChI is InChI=1S/C37H42F2N4O4/c1-37(2,3)47-36(46)41-30-12-15-43(16-13-30)34-31-21-25(24-8-7-9-26(18-24)35(45)42(4)14-5-6-17-44)10-11-33(31)40-23-32(34)27-19-28(38)22-29(39)20-27/h7-11,18-23,30,44H,5-6,12-17H2,1-4H3,(H,41,46). The van der Waals surface area contributed by atoms with Crippen LogP contribution < -0.4 is 10.2 Å². The number of rotatable bonds is 9. The second-order valence-corrected chi connectivity index (χ2v) is 13.1. The minimum Gasteiger partial charge on any atom is -0.444 e. The van der Waals surface area contributed by atoms with Crippen LogP contribution in [0.1, 0.15) is 56.8 Å². The molecule has 10 heteroatoms. The maximum absolute atomic E-state index is 14.5. The lowest BCUT2D eigenvalue weighted by molar-refractivity contribution is 0.0497. The van der Waals surface area contributed by atoms with Gasteiger partial charge in [0.05, 0.1) is 11.2 Å². The molecule has 5 rings (SSSR count). The van der Waals surface area contributed by atoms with Crippen molar-refractivity contribution in [1.82, 2.24) is 15.2 Å². The fourth-order valence-electron chi connectivity index (χ4n) is 5.96. The Morgan fingerprint density at radius 3 is 2.36 bits per heavy atom. The van der Waals surface area contributed by atoms with E-state index >= 15 is 0 Å². The lowest BCUT2D eigenvalue weighted by Gasteiger charge is -2.36. The topological polar surface area (TPSA) is 95.0 Å². The van der Waals surface area contributed by atoms with Gasteiger partial charge in [0.1, 0.15) is 17.2 Å². The SMILES string of the molecule is CN(CCCCO)C(=O)c1cccc(-c2ccc3ncc(-c4cc(F)cc(F)c4)c(N4CCC(NC(=O)OC(C)(C)C)CC4)c3c2)c1. The number of aromatic nitrogens is 1. The zero-order valence-corrected chi connectivity index (χ0v) is 27.4. The van der Waals surface area contributed by atoms with E-state index in [1.807, 2.05) is 57.2 Å². The number of nitrogens with zero attached hydrogens (tertiary/aromatic N) is 3. The van der Waals surface area contributed by atoms with Crippen molar-refractivity contribution in [3.63, 3.8) is 0 Å². The van der Waals surface area contributed by atoms with Crippen LogP contribution >= 0.6 is 0 Å². The molecule has 2 amide bonds. The van der Waals surface area contributed by atoms with E-state index in [0.29, 0.717) is 67.5 Å². The molecule has 0 radical (unpaired) electrons. The first-order valence-electron chi connectivity index (χ1n) is 16.0. The molecular weight excluding hydrogens is 602 g/mol. The van der Waals surface area contributed by atoms with Crippen LogP contribution in [0.3, 0.4) is 0 Å². The summed E-state index contributed by atoms with van der Waals surface area (Å²) < 4.78 is 34.4. The molecular formula is C37H42F2N4O4. The Labute approximate surface area is 274 Å². The summed E-state index contributed by atoms with van der Waals surface area (Å²) in [6, 6.07) is 16.7. The molecule has 1 aliphatic heterocycles. The van der Waals surface area contributed by atoms with Gasteiger partial charge in [-0.15, -0.1) is 0 Å². The van der Waals surface area contributed by atoms with Crippen molar-refractivity contribution in [3.05, 3.63) is 84.1 Å². The van der Waals surface area contributed by atoms with E-state index in [1.165, 1.54) is 12.1 Å². The van der Waals surface area contributed by atoms with Crippen LogP contribution in [0.15, 0.2) is 66.9 Å². The highest BCUT2D eigenvalue weighted by Gasteiger charge is 2.27. The Balaban J connectivity index is 1.51. The Morgan fingerprint density at radius 2 is 1.68 bits per heavy atom. The lowest BCUT2D eigenvalue weighted by Crippen LogP contribution is -2.46. The first-order chi connectivity index (χ1) is 22.4. The van der Waals surface area contributed by atoms with Crippen LogP contribution in [0.25, 0.3) is 33.2 Å². The van der Waals surface area contributed by atoms with Crippen molar-refractivity contribution in [2.24, 2.45) is 0 Å². The number of pyridine rings is 1. The van der Waals surface area contributed by atoms with Crippen LogP contribution in [0, 0.1) is 11.6 Å². The lowest BCUT2D eigenvalue weighted by atomic mass is 9.95. The van der Waals surface area contributed by atoms with E-state index in [-0.39, 0.29) is 18.6 Å². The van der Waals surface area contributed by atoms with E-state index in [4.69, 9.17) is 9.84 Å². The minimum atomic E-state index is -0.678. The third-order valence-corrected chi connectivity index (χ3v) is 8.24. The zero-order valence-electron chi connectivity index (χ0n) is 27.4. The number of hydrogen-bond donors (Lipinski definition) is 2. The number of aliphatic hydroxyl groups excluding tert-OH is 1. The Kier molecular flexibility index (Phi) is 10.4. The third-order valence-electron chi connectivity index (χ3n) is 8.24. The van der Waals surface area contributed by atoms with Crippen molar-refractivity contribution in [3.8, 4) is 22.3 Å². The maximum atomic E-state index is 14.5. The number of piperidine rings is 1. The molecule has 1 fully saturated rings. The quantitative estimate of drug-likeness (QED) is 0.188. The highest BCUT2D eigenvalue weighted by Crippen LogP contribution is 2.40. The molecule has 2 N–H and O–H groups in total. The Morgan fingerprint density at radius 1 is 0.979 bits per heavy atom. The van der Waals surface area contributed by atoms with Crippen molar-refractivity contribution in [1.29, 1.82) is 0 Å².